The molecule has 0 atom stereocenters. The van der Waals surface area contributed by atoms with E-state index in [1.54, 1.807) is 6.08 Å². The molecule has 0 spiro atoms. The predicted octanol–water partition coefficient (Wildman–Crippen LogP) is 4.77. The van der Waals surface area contributed by atoms with E-state index in [0.717, 1.165) is 23.8 Å². The van der Waals surface area contributed by atoms with Crippen LogP contribution < -0.4 is 0 Å². The lowest BCUT2D eigenvalue weighted by molar-refractivity contribution is 0.104. The van der Waals surface area contributed by atoms with Crippen molar-refractivity contribution in [2.75, 3.05) is 0 Å². The minimum Gasteiger partial charge on any atom is -0.289 e. The van der Waals surface area contributed by atoms with Crippen LogP contribution in [0.25, 0.3) is 10.8 Å². The summed E-state index contributed by atoms with van der Waals surface area (Å²) in [6.45, 7) is 4.17. The molecular formula is C17H18O. The summed E-state index contributed by atoms with van der Waals surface area (Å²) < 4.78 is 0. The van der Waals surface area contributed by atoms with E-state index in [1.807, 2.05) is 36.4 Å². The van der Waals surface area contributed by atoms with Crippen molar-refractivity contribution in [2.45, 2.75) is 26.7 Å². The van der Waals surface area contributed by atoms with E-state index in [1.165, 1.54) is 11.0 Å². The van der Waals surface area contributed by atoms with Crippen LogP contribution in [0.2, 0.25) is 0 Å². The number of carbonyl (C=O) groups is 1. The van der Waals surface area contributed by atoms with Gasteiger partial charge < -0.3 is 0 Å². The van der Waals surface area contributed by atoms with Crippen LogP contribution in [-0.4, -0.2) is 5.78 Å². The van der Waals surface area contributed by atoms with E-state index in [-0.39, 0.29) is 5.78 Å². The highest BCUT2D eigenvalue weighted by molar-refractivity contribution is 6.07. The molecule has 2 rings (SSSR count). The Morgan fingerprint density at radius 2 is 1.67 bits per heavy atom. The van der Waals surface area contributed by atoms with Gasteiger partial charge in [0.1, 0.15) is 0 Å². The van der Waals surface area contributed by atoms with Crippen LogP contribution >= 0.6 is 0 Å². The number of hydrogen-bond donors (Lipinski definition) is 0. The Morgan fingerprint density at radius 3 is 2.33 bits per heavy atom. The number of rotatable bonds is 4. The van der Waals surface area contributed by atoms with Gasteiger partial charge in [-0.2, -0.15) is 0 Å². The first-order chi connectivity index (χ1) is 8.74. The summed E-state index contributed by atoms with van der Waals surface area (Å²) in [4.78, 5) is 12.1. The van der Waals surface area contributed by atoms with Gasteiger partial charge in [0.2, 0.25) is 0 Å². The Balaban J connectivity index is 2.36. The minimum atomic E-state index is 0.111. The molecule has 0 bridgehead atoms. The topological polar surface area (TPSA) is 17.1 Å². The Labute approximate surface area is 108 Å². The predicted molar refractivity (Wildman–Crippen MR) is 76.9 cm³/mol. The Morgan fingerprint density at radius 1 is 1.00 bits per heavy atom. The van der Waals surface area contributed by atoms with Gasteiger partial charge in [-0.1, -0.05) is 55.8 Å². The summed E-state index contributed by atoms with van der Waals surface area (Å²) in [6.07, 6.45) is 3.66. The number of benzene rings is 2. The van der Waals surface area contributed by atoms with Gasteiger partial charge >= 0.3 is 0 Å². The molecule has 2 aromatic rings. The highest BCUT2D eigenvalue weighted by Crippen LogP contribution is 2.17. The molecule has 18 heavy (non-hydrogen) atoms. The number of carbonyl (C=O) groups excluding carboxylic acids is 1. The molecule has 0 heterocycles. The SMILES string of the molecule is CCC(=CC(=O)c1ccc2ccccc2c1)CC. The fraction of sp³-hybridized carbons (Fsp3) is 0.235. The van der Waals surface area contributed by atoms with Gasteiger partial charge in [0.15, 0.2) is 5.78 Å². The quantitative estimate of drug-likeness (QED) is 0.554. The summed E-state index contributed by atoms with van der Waals surface area (Å²) in [5, 5.41) is 2.29. The maximum Gasteiger partial charge on any atom is 0.185 e. The average Bonchev–Trinajstić information content (AvgIpc) is 2.44. The molecule has 0 radical (unpaired) electrons. The zero-order valence-corrected chi connectivity index (χ0v) is 10.9. The molecule has 0 fully saturated rings. The Kier molecular flexibility index (Phi) is 3.93. The van der Waals surface area contributed by atoms with Crippen molar-refractivity contribution in [3.05, 3.63) is 59.7 Å². The molecule has 1 nitrogen and oxygen atoms in total. The van der Waals surface area contributed by atoms with Crippen molar-refractivity contribution >= 4 is 16.6 Å². The third-order valence-corrected chi connectivity index (χ3v) is 3.28. The van der Waals surface area contributed by atoms with Crippen molar-refractivity contribution in [1.29, 1.82) is 0 Å². The van der Waals surface area contributed by atoms with Crippen LogP contribution in [0.15, 0.2) is 54.1 Å². The van der Waals surface area contributed by atoms with Gasteiger partial charge in [-0.25, -0.2) is 0 Å². The second kappa shape index (κ2) is 5.63. The first-order valence-electron chi connectivity index (χ1n) is 6.47. The zero-order valence-electron chi connectivity index (χ0n) is 10.9. The fourth-order valence-corrected chi connectivity index (χ4v) is 2.07. The Bertz CT molecular complexity index is 587. The summed E-state index contributed by atoms with van der Waals surface area (Å²) in [5.74, 6) is 0.111. The summed E-state index contributed by atoms with van der Waals surface area (Å²) in [5.41, 5.74) is 1.97. The van der Waals surface area contributed by atoms with Crippen molar-refractivity contribution in [2.24, 2.45) is 0 Å². The van der Waals surface area contributed by atoms with Crippen LogP contribution in [0.3, 0.4) is 0 Å². The van der Waals surface area contributed by atoms with E-state index in [9.17, 15) is 4.79 Å². The molecular weight excluding hydrogens is 220 g/mol. The van der Waals surface area contributed by atoms with Gasteiger partial charge in [-0.05, 0) is 35.8 Å². The smallest absolute Gasteiger partial charge is 0.185 e. The van der Waals surface area contributed by atoms with E-state index in [2.05, 4.69) is 19.9 Å². The standard InChI is InChI=1S/C17H18O/c1-3-13(4-2)11-17(18)16-10-9-14-7-5-6-8-15(14)12-16/h5-12H,3-4H2,1-2H3. The first-order valence-corrected chi connectivity index (χ1v) is 6.47. The number of hydrogen-bond acceptors (Lipinski definition) is 1. The molecule has 0 aliphatic heterocycles. The monoisotopic (exact) mass is 238 g/mol. The minimum absolute atomic E-state index is 0.111. The number of fused-ring (bicyclic) bond motifs is 1. The number of ketones is 1. The highest BCUT2D eigenvalue weighted by Gasteiger charge is 2.04. The summed E-state index contributed by atoms with van der Waals surface area (Å²) >= 11 is 0. The van der Waals surface area contributed by atoms with Crippen LogP contribution in [0, 0.1) is 0 Å². The molecule has 0 N–H and O–H groups in total. The van der Waals surface area contributed by atoms with E-state index in [0.29, 0.717) is 0 Å². The maximum absolute atomic E-state index is 12.1. The molecule has 0 aromatic heterocycles. The normalized spacial score (nSPS) is 10.3. The first kappa shape index (κ1) is 12.6. The molecule has 0 saturated heterocycles. The van der Waals surface area contributed by atoms with E-state index < -0.39 is 0 Å². The lowest BCUT2D eigenvalue weighted by Crippen LogP contribution is -1.96. The fourth-order valence-electron chi connectivity index (χ4n) is 2.07. The van der Waals surface area contributed by atoms with Crippen LogP contribution in [0.1, 0.15) is 37.0 Å². The van der Waals surface area contributed by atoms with E-state index in [4.69, 9.17) is 0 Å². The molecule has 92 valence electrons. The third kappa shape index (κ3) is 2.67. The number of allylic oxidation sites excluding steroid dienone is 2. The molecule has 2 aromatic carbocycles. The van der Waals surface area contributed by atoms with Crippen molar-refractivity contribution in [3.8, 4) is 0 Å². The van der Waals surface area contributed by atoms with Gasteiger partial charge in [-0.15, -0.1) is 0 Å². The van der Waals surface area contributed by atoms with Gasteiger partial charge in [0.25, 0.3) is 0 Å². The lowest BCUT2D eigenvalue weighted by atomic mass is 10.0. The van der Waals surface area contributed by atoms with Gasteiger partial charge in [0, 0.05) is 5.56 Å². The van der Waals surface area contributed by atoms with Crippen molar-refractivity contribution < 1.29 is 4.79 Å². The molecule has 0 amide bonds. The molecule has 1 heteroatoms. The largest absolute Gasteiger partial charge is 0.289 e. The highest BCUT2D eigenvalue weighted by atomic mass is 16.1. The molecule has 0 aliphatic carbocycles. The van der Waals surface area contributed by atoms with Crippen LogP contribution in [0.5, 0.6) is 0 Å². The summed E-state index contributed by atoms with van der Waals surface area (Å²) in [6, 6.07) is 14.0. The molecule has 0 saturated carbocycles. The second-order valence-corrected chi connectivity index (χ2v) is 4.44. The van der Waals surface area contributed by atoms with Crippen LogP contribution in [0.4, 0.5) is 0 Å². The maximum atomic E-state index is 12.1. The third-order valence-electron chi connectivity index (χ3n) is 3.28. The Hall–Kier alpha value is -1.89. The van der Waals surface area contributed by atoms with Crippen molar-refractivity contribution in [3.63, 3.8) is 0 Å². The zero-order chi connectivity index (χ0) is 13.0. The second-order valence-electron chi connectivity index (χ2n) is 4.44. The molecule has 0 aliphatic rings. The van der Waals surface area contributed by atoms with Gasteiger partial charge in [-0.3, -0.25) is 4.79 Å². The molecule has 0 unspecified atom stereocenters. The van der Waals surface area contributed by atoms with Crippen molar-refractivity contribution in [1.82, 2.24) is 0 Å². The lowest BCUT2D eigenvalue weighted by Gasteiger charge is -2.02. The van der Waals surface area contributed by atoms with Crippen LogP contribution in [-0.2, 0) is 0 Å². The van der Waals surface area contributed by atoms with E-state index >= 15 is 0 Å². The average molecular weight is 238 g/mol. The van der Waals surface area contributed by atoms with Gasteiger partial charge in [0.05, 0.1) is 0 Å². The summed E-state index contributed by atoms with van der Waals surface area (Å²) in [7, 11) is 0.